The molecule has 28 heavy (non-hydrogen) atoms. The Morgan fingerprint density at radius 3 is 2.61 bits per heavy atom. The molecular formula is C15H28N3O8PS. The highest BCUT2D eigenvalue weighted by Gasteiger charge is 2.45. The van der Waals surface area contributed by atoms with Crippen LogP contribution in [0.1, 0.15) is 38.8 Å². The molecule has 1 fully saturated rings. The molecule has 0 amide bonds. The number of hydrogen-bond donors (Lipinski definition) is 5. The number of phosphoric acid groups is 1. The SMILES string of the molecule is CCCCCCSc1ccn([C@@H]2O[C@H](COP(=O)(O)O)[C@@H](O)[C@H]2O)c(=O)n1.N. The van der Waals surface area contributed by atoms with Gasteiger partial charge in [0.1, 0.15) is 23.3 Å². The lowest BCUT2D eigenvalue weighted by molar-refractivity contribution is -0.0543. The third kappa shape index (κ3) is 7.21. The molecule has 0 radical (unpaired) electrons. The average Bonchev–Trinajstić information content (AvgIpc) is 2.87. The summed E-state index contributed by atoms with van der Waals surface area (Å²) in [5.74, 6) is 0.847. The minimum Gasteiger partial charge on any atom is -0.387 e. The van der Waals surface area contributed by atoms with Gasteiger partial charge in [-0.05, 0) is 18.2 Å². The molecule has 7 N–H and O–H groups in total. The lowest BCUT2D eigenvalue weighted by Crippen LogP contribution is -2.36. The lowest BCUT2D eigenvalue weighted by atomic mass is 10.1. The van der Waals surface area contributed by atoms with E-state index >= 15 is 0 Å². The summed E-state index contributed by atoms with van der Waals surface area (Å²) in [7, 11) is -4.75. The van der Waals surface area contributed by atoms with Crippen molar-refractivity contribution in [2.75, 3.05) is 12.4 Å². The van der Waals surface area contributed by atoms with Gasteiger partial charge in [0, 0.05) is 6.20 Å². The largest absolute Gasteiger partial charge is 0.469 e. The van der Waals surface area contributed by atoms with Crippen LogP contribution >= 0.6 is 19.6 Å². The molecule has 0 saturated carbocycles. The summed E-state index contributed by atoms with van der Waals surface area (Å²) in [6.07, 6.45) is 0.516. The fraction of sp³-hybridized carbons (Fsp3) is 0.733. The molecule has 0 aromatic carbocycles. The maximum Gasteiger partial charge on any atom is 0.469 e. The highest BCUT2D eigenvalue weighted by molar-refractivity contribution is 7.99. The van der Waals surface area contributed by atoms with Crippen molar-refractivity contribution in [2.24, 2.45) is 0 Å². The zero-order valence-electron chi connectivity index (χ0n) is 15.6. The van der Waals surface area contributed by atoms with Gasteiger partial charge in [-0.25, -0.2) is 9.36 Å². The van der Waals surface area contributed by atoms with Gasteiger partial charge in [-0.15, -0.1) is 11.8 Å². The van der Waals surface area contributed by atoms with E-state index in [1.54, 1.807) is 6.07 Å². The molecule has 1 aliphatic rings. The number of aliphatic hydroxyl groups excluding tert-OH is 2. The molecule has 0 bridgehead atoms. The first kappa shape index (κ1) is 25.2. The predicted octanol–water partition coefficient (Wildman–Crippen LogP) is 0.806. The van der Waals surface area contributed by atoms with Crippen molar-refractivity contribution in [1.82, 2.24) is 15.7 Å². The minimum atomic E-state index is -4.75. The van der Waals surface area contributed by atoms with Crippen molar-refractivity contribution in [3.05, 3.63) is 22.7 Å². The average molecular weight is 441 g/mol. The van der Waals surface area contributed by atoms with Gasteiger partial charge in [-0.3, -0.25) is 9.09 Å². The molecule has 162 valence electrons. The third-order valence-electron chi connectivity index (χ3n) is 4.07. The molecule has 1 saturated heterocycles. The maximum absolute atomic E-state index is 12.2. The number of phosphoric ester groups is 1. The lowest BCUT2D eigenvalue weighted by Gasteiger charge is -2.17. The maximum atomic E-state index is 12.2. The Bertz CT molecular complexity index is 715. The van der Waals surface area contributed by atoms with Crippen LogP contribution in [0.5, 0.6) is 0 Å². The topological polar surface area (TPSA) is 186 Å². The van der Waals surface area contributed by atoms with Gasteiger partial charge in [-0.2, -0.15) is 4.98 Å². The van der Waals surface area contributed by atoms with Gasteiger partial charge >= 0.3 is 13.5 Å². The summed E-state index contributed by atoms with van der Waals surface area (Å²) in [5, 5.41) is 20.6. The van der Waals surface area contributed by atoms with Crippen molar-refractivity contribution in [2.45, 2.75) is 62.2 Å². The van der Waals surface area contributed by atoms with E-state index in [2.05, 4.69) is 16.4 Å². The zero-order valence-corrected chi connectivity index (χ0v) is 17.3. The Morgan fingerprint density at radius 1 is 1.29 bits per heavy atom. The Balaban J connectivity index is 0.00000392. The molecule has 2 heterocycles. The summed E-state index contributed by atoms with van der Waals surface area (Å²) in [4.78, 5) is 33.7. The van der Waals surface area contributed by atoms with Crippen molar-refractivity contribution in [1.29, 1.82) is 0 Å². The molecule has 1 aromatic rings. The van der Waals surface area contributed by atoms with Crippen LogP contribution in [0.3, 0.4) is 0 Å². The summed E-state index contributed by atoms with van der Waals surface area (Å²) < 4.78 is 21.5. The Labute approximate surface area is 166 Å². The van der Waals surface area contributed by atoms with E-state index in [0.29, 0.717) is 5.03 Å². The molecule has 13 heteroatoms. The van der Waals surface area contributed by atoms with E-state index < -0.39 is 44.7 Å². The Hall–Kier alpha value is -0.820. The van der Waals surface area contributed by atoms with Crippen molar-refractivity contribution in [3.8, 4) is 0 Å². The highest BCUT2D eigenvalue weighted by Crippen LogP contribution is 2.38. The van der Waals surface area contributed by atoms with Crippen LogP contribution in [0.25, 0.3) is 0 Å². The number of aromatic nitrogens is 2. The van der Waals surface area contributed by atoms with E-state index in [1.807, 2.05) is 0 Å². The van der Waals surface area contributed by atoms with Gasteiger partial charge in [0.25, 0.3) is 0 Å². The van der Waals surface area contributed by atoms with E-state index in [9.17, 15) is 19.6 Å². The van der Waals surface area contributed by atoms with Gasteiger partial charge in [0.2, 0.25) is 0 Å². The van der Waals surface area contributed by atoms with Crippen LogP contribution < -0.4 is 11.8 Å². The van der Waals surface area contributed by atoms with Crippen LogP contribution in [0.4, 0.5) is 0 Å². The quantitative estimate of drug-likeness (QED) is 0.150. The fourth-order valence-electron chi connectivity index (χ4n) is 2.64. The van der Waals surface area contributed by atoms with Crippen molar-refractivity contribution >= 4 is 19.6 Å². The van der Waals surface area contributed by atoms with Gasteiger partial charge in [-0.1, -0.05) is 26.2 Å². The second-order valence-corrected chi connectivity index (χ2v) is 8.55. The van der Waals surface area contributed by atoms with Crippen molar-refractivity contribution < 1.29 is 33.8 Å². The van der Waals surface area contributed by atoms with E-state index in [1.165, 1.54) is 24.4 Å². The molecular weight excluding hydrogens is 413 g/mol. The summed E-state index contributed by atoms with van der Waals surface area (Å²) in [6.45, 7) is 1.50. The number of ether oxygens (including phenoxy) is 1. The third-order valence-corrected chi connectivity index (χ3v) is 5.57. The number of nitrogens with zero attached hydrogens (tertiary/aromatic N) is 2. The summed E-state index contributed by atoms with van der Waals surface area (Å²) in [5.41, 5.74) is -0.652. The molecule has 11 nitrogen and oxygen atoms in total. The second-order valence-electron chi connectivity index (χ2n) is 6.20. The Morgan fingerprint density at radius 2 is 2.00 bits per heavy atom. The van der Waals surface area contributed by atoms with Crippen LogP contribution in [-0.2, 0) is 13.8 Å². The number of thioether (sulfide) groups is 1. The molecule has 4 atom stereocenters. The first-order valence-electron chi connectivity index (χ1n) is 8.66. The zero-order chi connectivity index (χ0) is 20.0. The van der Waals surface area contributed by atoms with Crippen LogP contribution in [0.2, 0.25) is 0 Å². The fourth-order valence-corrected chi connectivity index (χ4v) is 3.84. The first-order valence-corrected chi connectivity index (χ1v) is 11.2. The predicted molar refractivity (Wildman–Crippen MR) is 102 cm³/mol. The smallest absolute Gasteiger partial charge is 0.387 e. The molecule has 1 aliphatic heterocycles. The van der Waals surface area contributed by atoms with E-state index in [0.717, 1.165) is 29.6 Å². The summed E-state index contributed by atoms with van der Waals surface area (Å²) in [6, 6.07) is 1.62. The standard InChI is InChI=1S/C15H25N2O8PS.H3N/c1-2-3-4-5-8-27-11-6-7-17(15(20)16-11)14-13(19)12(18)10(25-14)9-24-26(21,22)23;/h6-7,10,12-14,18-19H,2-5,8-9H2,1H3,(H2,21,22,23);1H3/t10-,12-,13-,14-;/m1./s1. The normalized spacial score (nSPS) is 24.9. The summed E-state index contributed by atoms with van der Waals surface area (Å²) >= 11 is 1.47. The van der Waals surface area contributed by atoms with Crippen LogP contribution in [0, 0.1) is 0 Å². The van der Waals surface area contributed by atoms with Crippen LogP contribution in [-0.4, -0.2) is 60.2 Å². The monoisotopic (exact) mass is 441 g/mol. The Kier molecular flexibility index (Phi) is 10.3. The van der Waals surface area contributed by atoms with Gasteiger partial charge in [0.15, 0.2) is 6.23 Å². The number of aliphatic hydroxyl groups is 2. The minimum absolute atomic E-state index is 0. The molecule has 1 aromatic heterocycles. The molecule has 0 unspecified atom stereocenters. The van der Waals surface area contributed by atoms with Crippen molar-refractivity contribution in [3.63, 3.8) is 0 Å². The highest BCUT2D eigenvalue weighted by atomic mass is 32.2. The number of hydrogen-bond acceptors (Lipinski definition) is 9. The molecule has 2 rings (SSSR count). The molecule has 0 spiro atoms. The van der Waals surface area contributed by atoms with Gasteiger partial charge < -0.3 is 30.9 Å². The van der Waals surface area contributed by atoms with Gasteiger partial charge in [0.05, 0.1) is 6.61 Å². The van der Waals surface area contributed by atoms with E-state index in [-0.39, 0.29) is 6.15 Å². The van der Waals surface area contributed by atoms with Crippen LogP contribution in [0.15, 0.2) is 22.1 Å². The second kappa shape index (κ2) is 11.4. The number of unbranched alkanes of at least 4 members (excludes halogenated alkanes) is 3. The van der Waals surface area contributed by atoms with E-state index in [4.69, 9.17) is 14.5 Å². The first-order chi connectivity index (χ1) is 12.7. The number of rotatable bonds is 10. The molecule has 0 aliphatic carbocycles.